The summed E-state index contributed by atoms with van der Waals surface area (Å²) in [6.07, 6.45) is -4.35. The molecule has 8 nitrogen and oxygen atoms in total. The normalized spacial score (nSPS) is 15.4. The Labute approximate surface area is 176 Å². The van der Waals surface area contributed by atoms with Crippen LogP contribution in [0.5, 0.6) is 5.75 Å². The van der Waals surface area contributed by atoms with Gasteiger partial charge in [0, 0.05) is 12.5 Å². The van der Waals surface area contributed by atoms with Crippen LogP contribution in [0.3, 0.4) is 0 Å². The lowest BCUT2D eigenvalue weighted by Gasteiger charge is -2.15. The quantitative estimate of drug-likeness (QED) is 0.579. The van der Waals surface area contributed by atoms with Gasteiger partial charge in [-0.1, -0.05) is 0 Å². The van der Waals surface area contributed by atoms with Gasteiger partial charge in [0.25, 0.3) is 5.91 Å². The van der Waals surface area contributed by atoms with E-state index in [1.54, 1.807) is 0 Å². The highest BCUT2D eigenvalue weighted by atomic mass is 32.2. The number of nitrogen functional groups attached to an aromatic ring is 1. The molecule has 1 saturated carbocycles. The van der Waals surface area contributed by atoms with Gasteiger partial charge in [-0.3, -0.25) is 4.79 Å². The standard InChI is InChI=1S/C19H20F3N3O5S/c1-10(26)9-24-18(27)17-14(23)8-15(16(25-17)11-2-3-11)31(28,29)13-6-4-12(5-7-13)30-19(20,21)22/h4-8,10-11,26H,2-3,9,23H2,1H3,(H,24,27)/t10-/m0/s1. The van der Waals surface area contributed by atoms with Crippen molar-refractivity contribution >= 4 is 21.4 Å². The van der Waals surface area contributed by atoms with Crippen LogP contribution in [0.1, 0.15) is 41.9 Å². The number of aliphatic hydroxyl groups excluding tert-OH is 1. The van der Waals surface area contributed by atoms with Crippen molar-refractivity contribution in [3.05, 3.63) is 41.7 Å². The molecule has 12 heteroatoms. The van der Waals surface area contributed by atoms with E-state index in [0.29, 0.717) is 12.8 Å². The number of aliphatic hydroxyl groups is 1. The molecule has 1 heterocycles. The Morgan fingerprint density at radius 3 is 2.45 bits per heavy atom. The summed E-state index contributed by atoms with van der Waals surface area (Å²) in [5.41, 5.74) is 5.73. The molecule has 31 heavy (non-hydrogen) atoms. The molecule has 0 spiro atoms. The topological polar surface area (TPSA) is 132 Å². The third-order valence-corrected chi connectivity index (χ3v) is 6.24. The molecule has 0 bridgehead atoms. The van der Waals surface area contributed by atoms with E-state index < -0.39 is 34.0 Å². The van der Waals surface area contributed by atoms with Crippen molar-refractivity contribution in [2.45, 2.75) is 47.9 Å². The summed E-state index contributed by atoms with van der Waals surface area (Å²) < 4.78 is 67.0. The van der Waals surface area contributed by atoms with Gasteiger partial charge < -0.3 is 20.9 Å². The number of amides is 1. The number of ether oxygens (including phenoxy) is 1. The number of hydrogen-bond donors (Lipinski definition) is 3. The highest BCUT2D eigenvalue weighted by Crippen LogP contribution is 2.43. The number of alkyl halides is 3. The number of rotatable bonds is 7. The number of carbonyl (C=O) groups excluding carboxylic acids is 1. The maximum Gasteiger partial charge on any atom is 0.573 e. The first-order valence-corrected chi connectivity index (χ1v) is 10.7. The van der Waals surface area contributed by atoms with Gasteiger partial charge in [0.2, 0.25) is 9.84 Å². The second-order valence-electron chi connectivity index (χ2n) is 7.17. The fourth-order valence-electron chi connectivity index (χ4n) is 2.84. The maximum absolute atomic E-state index is 13.1. The molecule has 1 aromatic carbocycles. The summed E-state index contributed by atoms with van der Waals surface area (Å²) >= 11 is 0. The van der Waals surface area contributed by atoms with Crippen molar-refractivity contribution in [2.24, 2.45) is 0 Å². The first-order valence-electron chi connectivity index (χ1n) is 9.26. The minimum Gasteiger partial charge on any atom is -0.406 e. The number of nitrogens with zero attached hydrogens (tertiary/aromatic N) is 1. The number of anilines is 1. The lowest BCUT2D eigenvalue weighted by molar-refractivity contribution is -0.274. The number of carbonyl (C=O) groups is 1. The monoisotopic (exact) mass is 459 g/mol. The van der Waals surface area contributed by atoms with E-state index in [-0.39, 0.29) is 39.3 Å². The van der Waals surface area contributed by atoms with Crippen LogP contribution in [0.15, 0.2) is 40.1 Å². The molecular weight excluding hydrogens is 439 g/mol. The minimum absolute atomic E-state index is 0.0366. The van der Waals surface area contributed by atoms with Gasteiger partial charge in [-0.05, 0) is 50.1 Å². The molecule has 168 valence electrons. The third kappa shape index (κ3) is 5.44. The molecule has 3 rings (SSSR count). The highest BCUT2D eigenvalue weighted by molar-refractivity contribution is 7.91. The molecule has 1 fully saturated rings. The molecule has 1 aliphatic rings. The van der Waals surface area contributed by atoms with E-state index in [0.717, 1.165) is 30.3 Å². The zero-order valence-corrected chi connectivity index (χ0v) is 17.1. The van der Waals surface area contributed by atoms with E-state index >= 15 is 0 Å². The average molecular weight is 459 g/mol. The molecule has 4 N–H and O–H groups in total. The number of pyridine rings is 1. The summed E-state index contributed by atoms with van der Waals surface area (Å²) in [6, 6.07) is 4.91. The molecule has 1 amide bonds. The van der Waals surface area contributed by atoms with Gasteiger partial charge in [0.05, 0.1) is 27.3 Å². The van der Waals surface area contributed by atoms with Crippen molar-refractivity contribution in [1.82, 2.24) is 10.3 Å². The average Bonchev–Trinajstić information content (AvgIpc) is 3.50. The van der Waals surface area contributed by atoms with E-state index in [4.69, 9.17) is 5.73 Å². The second kappa shape index (κ2) is 8.35. The molecule has 2 aromatic rings. The van der Waals surface area contributed by atoms with Crippen molar-refractivity contribution in [1.29, 1.82) is 0 Å². The Bertz CT molecular complexity index is 1080. The van der Waals surface area contributed by atoms with Gasteiger partial charge in [-0.15, -0.1) is 13.2 Å². The van der Waals surface area contributed by atoms with Crippen molar-refractivity contribution < 1.29 is 36.2 Å². The lowest BCUT2D eigenvalue weighted by Crippen LogP contribution is -2.32. The van der Waals surface area contributed by atoms with Crippen LogP contribution in [0.25, 0.3) is 0 Å². The Balaban J connectivity index is 1.97. The Hall–Kier alpha value is -2.86. The first-order chi connectivity index (χ1) is 14.4. The number of aromatic nitrogens is 1. The number of sulfone groups is 1. The van der Waals surface area contributed by atoms with Crippen LogP contribution in [-0.4, -0.2) is 43.4 Å². The van der Waals surface area contributed by atoms with E-state index in [9.17, 15) is 31.5 Å². The van der Waals surface area contributed by atoms with Gasteiger partial charge in [0.1, 0.15) is 5.75 Å². The largest absolute Gasteiger partial charge is 0.573 e. The molecule has 1 atom stereocenters. The zero-order chi connectivity index (χ0) is 23.0. The van der Waals surface area contributed by atoms with Crippen LogP contribution < -0.4 is 15.8 Å². The summed E-state index contributed by atoms with van der Waals surface area (Å²) in [7, 11) is -4.18. The van der Waals surface area contributed by atoms with Gasteiger partial charge in [0.15, 0.2) is 5.69 Å². The second-order valence-corrected chi connectivity index (χ2v) is 9.08. The molecule has 0 saturated heterocycles. The van der Waals surface area contributed by atoms with Crippen LogP contribution in [-0.2, 0) is 9.84 Å². The van der Waals surface area contributed by atoms with Crippen molar-refractivity contribution in [3.63, 3.8) is 0 Å². The predicted molar refractivity (Wildman–Crippen MR) is 103 cm³/mol. The SMILES string of the molecule is C[C@H](O)CNC(=O)c1nc(C2CC2)c(S(=O)(=O)c2ccc(OC(F)(F)F)cc2)cc1N. The van der Waals surface area contributed by atoms with Crippen molar-refractivity contribution in [3.8, 4) is 5.75 Å². The Morgan fingerprint density at radius 2 is 1.94 bits per heavy atom. The van der Waals surface area contributed by atoms with Crippen LogP contribution in [0, 0.1) is 0 Å². The molecular formula is C19H20F3N3O5S. The summed E-state index contributed by atoms with van der Waals surface area (Å²) in [5, 5.41) is 11.8. The number of hydrogen-bond acceptors (Lipinski definition) is 7. The number of halogens is 3. The molecule has 0 radical (unpaired) electrons. The lowest BCUT2D eigenvalue weighted by atomic mass is 10.2. The zero-order valence-electron chi connectivity index (χ0n) is 16.3. The van der Waals surface area contributed by atoms with Crippen molar-refractivity contribution in [2.75, 3.05) is 12.3 Å². The first kappa shape index (κ1) is 22.8. The Morgan fingerprint density at radius 1 is 1.32 bits per heavy atom. The van der Waals surface area contributed by atoms with E-state index in [1.807, 2.05) is 0 Å². The molecule has 1 aromatic heterocycles. The molecule has 0 unspecified atom stereocenters. The summed E-state index contributed by atoms with van der Waals surface area (Å²) in [4.78, 5) is 16.1. The summed E-state index contributed by atoms with van der Waals surface area (Å²) in [6.45, 7) is 1.44. The van der Waals surface area contributed by atoms with Crippen LogP contribution in [0.2, 0.25) is 0 Å². The van der Waals surface area contributed by atoms with E-state index in [2.05, 4.69) is 15.0 Å². The predicted octanol–water partition coefficient (Wildman–Crippen LogP) is 2.38. The maximum atomic E-state index is 13.1. The summed E-state index contributed by atoms with van der Waals surface area (Å²) in [5.74, 6) is -1.39. The Kier molecular flexibility index (Phi) is 6.14. The molecule has 0 aliphatic heterocycles. The number of benzene rings is 1. The van der Waals surface area contributed by atoms with Crippen LogP contribution in [0.4, 0.5) is 18.9 Å². The van der Waals surface area contributed by atoms with Crippen LogP contribution >= 0.6 is 0 Å². The minimum atomic E-state index is -4.90. The van der Waals surface area contributed by atoms with E-state index in [1.165, 1.54) is 6.92 Å². The fourth-order valence-corrected chi connectivity index (χ4v) is 4.36. The smallest absolute Gasteiger partial charge is 0.406 e. The van der Waals surface area contributed by atoms with Gasteiger partial charge in [-0.25, -0.2) is 13.4 Å². The van der Waals surface area contributed by atoms with Gasteiger partial charge >= 0.3 is 6.36 Å². The highest BCUT2D eigenvalue weighted by Gasteiger charge is 2.35. The fraction of sp³-hybridized carbons (Fsp3) is 0.368. The third-order valence-electron chi connectivity index (χ3n) is 4.44. The number of nitrogens with one attached hydrogen (secondary N) is 1. The number of nitrogens with two attached hydrogens (primary N) is 1. The molecule has 1 aliphatic carbocycles. The van der Waals surface area contributed by atoms with Gasteiger partial charge in [-0.2, -0.15) is 0 Å².